The van der Waals surface area contributed by atoms with Gasteiger partial charge in [-0.25, -0.2) is 4.98 Å². The lowest BCUT2D eigenvalue weighted by Crippen LogP contribution is -2.39. The van der Waals surface area contributed by atoms with E-state index in [2.05, 4.69) is 10.4 Å². The third-order valence-corrected chi connectivity index (χ3v) is 3.13. The summed E-state index contributed by atoms with van der Waals surface area (Å²) in [7, 11) is 0. The van der Waals surface area contributed by atoms with Crippen LogP contribution in [0.5, 0.6) is 0 Å². The standard InChI is InChI=1S/C12H20N4O/c13-12-7-9(3-4-15-12)6-10(16-14)8-11-2-1-5-17-11/h3-4,7,10-11,16H,1-2,5-6,8,14H2,(H2,13,15). The molecule has 0 aliphatic carbocycles. The quantitative estimate of drug-likeness (QED) is 0.515. The number of hydrazine groups is 1. The Bertz CT molecular complexity index is 352. The molecule has 0 bridgehead atoms. The average molecular weight is 236 g/mol. The zero-order valence-electron chi connectivity index (χ0n) is 9.93. The van der Waals surface area contributed by atoms with Gasteiger partial charge in [0.2, 0.25) is 0 Å². The first kappa shape index (κ1) is 12.3. The summed E-state index contributed by atoms with van der Waals surface area (Å²) < 4.78 is 5.61. The van der Waals surface area contributed by atoms with E-state index >= 15 is 0 Å². The van der Waals surface area contributed by atoms with E-state index in [1.807, 2.05) is 12.1 Å². The van der Waals surface area contributed by atoms with Gasteiger partial charge in [0.15, 0.2) is 0 Å². The van der Waals surface area contributed by atoms with Gasteiger partial charge in [-0.05, 0) is 43.4 Å². The Morgan fingerprint density at radius 3 is 3.12 bits per heavy atom. The molecule has 0 amide bonds. The highest BCUT2D eigenvalue weighted by molar-refractivity contribution is 5.32. The van der Waals surface area contributed by atoms with Gasteiger partial charge in [-0.2, -0.15) is 0 Å². The maximum absolute atomic E-state index is 5.65. The van der Waals surface area contributed by atoms with Crippen LogP contribution in [0.25, 0.3) is 0 Å². The second-order valence-electron chi connectivity index (χ2n) is 4.53. The Morgan fingerprint density at radius 1 is 1.59 bits per heavy atom. The Kier molecular flexibility index (Phi) is 4.30. The zero-order valence-corrected chi connectivity index (χ0v) is 9.93. The van der Waals surface area contributed by atoms with Crippen LogP contribution in [0.3, 0.4) is 0 Å². The van der Waals surface area contributed by atoms with Gasteiger partial charge >= 0.3 is 0 Å². The van der Waals surface area contributed by atoms with E-state index in [9.17, 15) is 0 Å². The van der Waals surface area contributed by atoms with Crippen LogP contribution in [0.4, 0.5) is 5.82 Å². The zero-order chi connectivity index (χ0) is 12.1. The van der Waals surface area contributed by atoms with Crippen LogP contribution in [0.1, 0.15) is 24.8 Å². The second kappa shape index (κ2) is 5.95. The highest BCUT2D eigenvalue weighted by Gasteiger charge is 2.20. The monoisotopic (exact) mass is 236 g/mol. The fourth-order valence-corrected chi connectivity index (χ4v) is 2.26. The molecule has 5 nitrogen and oxygen atoms in total. The topological polar surface area (TPSA) is 86.2 Å². The summed E-state index contributed by atoms with van der Waals surface area (Å²) in [6, 6.07) is 4.08. The predicted molar refractivity (Wildman–Crippen MR) is 67.1 cm³/mol. The highest BCUT2D eigenvalue weighted by Crippen LogP contribution is 2.18. The number of hydrogen-bond acceptors (Lipinski definition) is 5. The molecule has 94 valence electrons. The van der Waals surface area contributed by atoms with Crippen LogP contribution >= 0.6 is 0 Å². The first-order valence-electron chi connectivity index (χ1n) is 6.06. The normalized spacial score (nSPS) is 21.6. The molecule has 2 rings (SSSR count). The minimum atomic E-state index is 0.222. The molecule has 0 aromatic carbocycles. The molecule has 1 saturated heterocycles. The Labute approximate surface area is 102 Å². The summed E-state index contributed by atoms with van der Waals surface area (Å²) in [4.78, 5) is 3.98. The van der Waals surface area contributed by atoms with Crippen molar-refractivity contribution in [2.24, 2.45) is 5.84 Å². The van der Waals surface area contributed by atoms with E-state index < -0.39 is 0 Å². The van der Waals surface area contributed by atoms with E-state index in [-0.39, 0.29) is 6.04 Å². The van der Waals surface area contributed by atoms with Gasteiger partial charge in [0.05, 0.1) is 6.10 Å². The Hall–Kier alpha value is -1.17. The lowest BCUT2D eigenvalue weighted by molar-refractivity contribution is 0.0946. The molecule has 5 N–H and O–H groups in total. The van der Waals surface area contributed by atoms with Crippen LogP contribution < -0.4 is 17.0 Å². The van der Waals surface area contributed by atoms with E-state index in [1.165, 1.54) is 0 Å². The number of nitrogens with zero attached hydrogens (tertiary/aromatic N) is 1. The number of hydrogen-bond donors (Lipinski definition) is 3. The van der Waals surface area contributed by atoms with Crippen LogP contribution in [0.2, 0.25) is 0 Å². The molecular formula is C12H20N4O. The van der Waals surface area contributed by atoms with Crippen LogP contribution in [-0.4, -0.2) is 23.7 Å². The molecule has 0 spiro atoms. The number of nitrogens with two attached hydrogens (primary N) is 2. The summed E-state index contributed by atoms with van der Waals surface area (Å²) in [5.74, 6) is 6.14. The lowest BCUT2D eigenvalue weighted by atomic mass is 10.0. The number of aromatic nitrogens is 1. The summed E-state index contributed by atoms with van der Waals surface area (Å²) in [5.41, 5.74) is 9.66. The number of ether oxygens (including phenoxy) is 1. The van der Waals surface area contributed by atoms with Gasteiger partial charge < -0.3 is 10.5 Å². The van der Waals surface area contributed by atoms with Crippen molar-refractivity contribution < 1.29 is 4.74 Å². The van der Waals surface area contributed by atoms with Crippen molar-refractivity contribution in [2.45, 2.75) is 37.8 Å². The van der Waals surface area contributed by atoms with Gasteiger partial charge in [-0.3, -0.25) is 11.3 Å². The SMILES string of the molecule is NNC(Cc1ccnc(N)c1)CC1CCCO1. The van der Waals surface area contributed by atoms with Crippen molar-refractivity contribution in [3.8, 4) is 0 Å². The number of anilines is 1. The molecule has 1 aromatic rings. The smallest absolute Gasteiger partial charge is 0.123 e. The van der Waals surface area contributed by atoms with E-state index in [4.69, 9.17) is 16.3 Å². The third-order valence-electron chi connectivity index (χ3n) is 3.13. The molecule has 1 aliphatic rings. The van der Waals surface area contributed by atoms with Crippen molar-refractivity contribution in [1.82, 2.24) is 10.4 Å². The number of nitrogen functional groups attached to an aromatic ring is 1. The van der Waals surface area contributed by atoms with Gasteiger partial charge in [0.1, 0.15) is 5.82 Å². The Morgan fingerprint density at radius 2 is 2.47 bits per heavy atom. The molecular weight excluding hydrogens is 216 g/mol. The summed E-state index contributed by atoms with van der Waals surface area (Å²) in [6.45, 7) is 0.879. The molecule has 5 heteroatoms. The Balaban J connectivity index is 1.90. The summed E-state index contributed by atoms with van der Waals surface area (Å²) in [5, 5.41) is 0. The van der Waals surface area contributed by atoms with Gasteiger partial charge in [0.25, 0.3) is 0 Å². The summed E-state index contributed by atoms with van der Waals surface area (Å²) in [6.07, 6.45) is 6.16. The molecule has 2 heterocycles. The van der Waals surface area contributed by atoms with Crippen molar-refractivity contribution in [3.63, 3.8) is 0 Å². The molecule has 1 aliphatic heterocycles. The van der Waals surface area contributed by atoms with Crippen molar-refractivity contribution in [3.05, 3.63) is 23.9 Å². The second-order valence-corrected chi connectivity index (χ2v) is 4.53. The van der Waals surface area contributed by atoms with Crippen molar-refractivity contribution in [2.75, 3.05) is 12.3 Å². The first-order chi connectivity index (χ1) is 8.28. The van der Waals surface area contributed by atoms with Crippen molar-refractivity contribution in [1.29, 1.82) is 0 Å². The fraction of sp³-hybridized carbons (Fsp3) is 0.583. The molecule has 17 heavy (non-hydrogen) atoms. The molecule has 1 aromatic heterocycles. The van der Waals surface area contributed by atoms with Crippen LogP contribution in [0, 0.1) is 0 Å². The predicted octanol–water partition coefficient (Wildman–Crippen LogP) is 0.607. The fourth-order valence-electron chi connectivity index (χ4n) is 2.26. The van der Waals surface area contributed by atoms with Crippen LogP contribution in [-0.2, 0) is 11.2 Å². The molecule has 2 unspecified atom stereocenters. The molecule has 2 atom stereocenters. The number of nitrogens with one attached hydrogen (secondary N) is 1. The molecule has 0 radical (unpaired) electrons. The summed E-state index contributed by atoms with van der Waals surface area (Å²) >= 11 is 0. The van der Waals surface area contributed by atoms with Gasteiger partial charge in [-0.1, -0.05) is 0 Å². The minimum Gasteiger partial charge on any atom is -0.384 e. The molecule has 1 fully saturated rings. The van der Waals surface area contributed by atoms with Gasteiger partial charge in [-0.15, -0.1) is 0 Å². The minimum absolute atomic E-state index is 0.222. The molecule has 0 saturated carbocycles. The van der Waals surface area contributed by atoms with E-state index in [0.29, 0.717) is 11.9 Å². The average Bonchev–Trinajstić information content (AvgIpc) is 2.81. The third kappa shape index (κ3) is 3.66. The number of rotatable bonds is 5. The maximum Gasteiger partial charge on any atom is 0.123 e. The number of pyridine rings is 1. The highest BCUT2D eigenvalue weighted by atomic mass is 16.5. The lowest BCUT2D eigenvalue weighted by Gasteiger charge is -2.19. The van der Waals surface area contributed by atoms with Gasteiger partial charge in [0, 0.05) is 18.8 Å². The van der Waals surface area contributed by atoms with Crippen molar-refractivity contribution >= 4 is 5.82 Å². The largest absolute Gasteiger partial charge is 0.384 e. The maximum atomic E-state index is 5.65. The van der Waals surface area contributed by atoms with E-state index in [1.54, 1.807) is 6.20 Å². The van der Waals surface area contributed by atoms with Crippen LogP contribution in [0.15, 0.2) is 18.3 Å². The first-order valence-corrected chi connectivity index (χ1v) is 6.06. The van der Waals surface area contributed by atoms with E-state index in [0.717, 1.165) is 37.9 Å².